The van der Waals surface area contributed by atoms with Crippen LogP contribution in [-0.4, -0.2) is 41.2 Å². The number of amidine groups is 1. The monoisotopic (exact) mass is 577 g/mol. The fraction of sp³-hybridized carbons (Fsp3) is 0.111. The molecule has 10 heteroatoms. The zero-order chi connectivity index (χ0) is 26.5. The van der Waals surface area contributed by atoms with Crippen LogP contribution >= 0.6 is 27.7 Å². The molecule has 0 atom stereocenters. The Morgan fingerprint density at radius 2 is 1.97 bits per heavy atom. The van der Waals surface area contributed by atoms with Crippen LogP contribution in [-0.2, 0) is 11.4 Å². The van der Waals surface area contributed by atoms with Crippen molar-refractivity contribution in [2.75, 3.05) is 14.2 Å². The number of carboxylic acids is 1. The van der Waals surface area contributed by atoms with Crippen molar-refractivity contribution >= 4 is 56.5 Å². The molecule has 37 heavy (non-hydrogen) atoms. The van der Waals surface area contributed by atoms with Crippen LogP contribution in [0.5, 0.6) is 11.5 Å². The molecule has 4 rings (SSSR count). The van der Waals surface area contributed by atoms with Crippen molar-refractivity contribution in [3.63, 3.8) is 0 Å². The molecule has 0 aromatic heterocycles. The van der Waals surface area contributed by atoms with Gasteiger partial charge in [0.05, 0.1) is 34.9 Å². The molecule has 1 fully saturated rings. The standard InChI is InChI=1S/C27H20BrN3O5S/c1-31-25(32)24(37-27(31)30-20-9-5-8-16(10-20)26(33)34)12-19-11-22(35-2)23(13-21(19)28)36-15-18-7-4-3-6-17(18)14-29/h3-13H,15H2,1-2H3,(H,33,34). The highest BCUT2D eigenvalue weighted by atomic mass is 79.9. The summed E-state index contributed by atoms with van der Waals surface area (Å²) in [7, 11) is 3.14. The van der Waals surface area contributed by atoms with Gasteiger partial charge in [0.2, 0.25) is 0 Å². The second-order valence-corrected chi connectivity index (χ2v) is 9.67. The maximum Gasteiger partial charge on any atom is 0.335 e. The third-order valence-corrected chi connectivity index (χ3v) is 7.16. The number of hydrogen-bond acceptors (Lipinski definition) is 7. The van der Waals surface area contributed by atoms with E-state index in [1.54, 1.807) is 49.5 Å². The van der Waals surface area contributed by atoms with Gasteiger partial charge in [0.25, 0.3) is 5.91 Å². The van der Waals surface area contributed by atoms with Crippen molar-refractivity contribution in [1.29, 1.82) is 5.26 Å². The van der Waals surface area contributed by atoms with Gasteiger partial charge < -0.3 is 14.6 Å². The minimum absolute atomic E-state index is 0.115. The molecule has 1 amide bonds. The molecule has 3 aromatic rings. The van der Waals surface area contributed by atoms with Crippen LogP contribution in [0.4, 0.5) is 5.69 Å². The summed E-state index contributed by atoms with van der Waals surface area (Å²) in [6, 6.07) is 19.1. The lowest BCUT2D eigenvalue weighted by Crippen LogP contribution is -2.23. The van der Waals surface area contributed by atoms with Crippen molar-refractivity contribution in [3.8, 4) is 17.6 Å². The largest absolute Gasteiger partial charge is 0.493 e. The van der Waals surface area contributed by atoms with Crippen molar-refractivity contribution in [3.05, 3.63) is 92.3 Å². The molecule has 0 radical (unpaired) electrons. The first kappa shape index (κ1) is 26.0. The summed E-state index contributed by atoms with van der Waals surface area (Å²) in [5, 5.41) is 18.9. The summed E-state index contributed by atoms with van der Waals surface area (Å²) in [4.78, 5) is 30.5. The number of aliphatic imine (C=N–C) groups is 1. The van der Waals surface area contributed by atoms with E-state index >= 15 is 0 Å². The zero-order valence-electron chi connectivity index (χ0n) is 19.8. The van der Waals surface area contributed by atoms with E-state index in [1.807, 2.05) is 12.1 Å². The molecule has 1 aliphatic heterocycles. The first-order valence-electron chi connectivity index (χ1n) is 10.9. The summed E-state index contributed by atoms with van der Waals surface area (Å²) < 4.78 is 12.1. The zero-order valence-corrected chi connectivity index (χ0v) is 22.2. The summed E-state index contributed by atoms with van der Waals surface area (Å²) >= 11 is 4.73. The summed E-state index contributed by atoms with van der Waals surface area (Å²) in [6.07, 6.45) is 1.72. The summed E-state index contributed by atoms with van der Waals surface area (Å²) in [5.41, 5.74) is 2.54. The van der Waals surface area contributed by atoms with Gasteiger partial charge in [0.1, 0.15) is 6.61 Å². The number of thioether (sulfide) groups is 1. The van der Waals surface area contributed by atoms with Gasteiger partial charge >= 0.3 is 5.97 Å². The molecule has 0 aliphatic carbocycles. The Bertz CT molecular complexity index is 1500. The molecule has 1 aliphatic rings. The molecule has 0 bridgehead atoms. The van der Waals surface area contributed by atoms with E-state index in [1.165, 1.54) is 35.9 Å². The second kappa shape index (κ2) is 11.3. The number of methoxy groups -OCH3 is 1. The number of hydrogen-bond donors (Lipinski definition) is 1. The predicted octanol–water partition coefficient (Wildman–Crippen LogP) is 5.84. The number of nitriles is 1. The molecule has 3 aromatic carbocycles. The van der Waals surface area contributed by atoms with Crippen LogP contribution in [0.2, 0.25) is 0 Å². The smallest absolute Gasteiger partial charge is 0.335 e. The van der Waals surface area contributed by atoms with E-state index in [9.17, 15) is 20.0 Å². The normalized spacial score (nSPS) is 15.2. The van der Waals surface area contributed by atoms with Gasteiger partial charge in [-0.3, -0.25) is 9.69 Å². The Morgan fingerprint density at radius 3 is 2.70 bits per heavy atom. The van der Waals surface area contributed by atoms with Crippen molar-refractivity contribution in [1.82, 2.24) is 4.90 Å². The van der Waals surface area contributed by atoms with E-state index in [0.29, 0.717) is 42.9 Å². The van der Waals surface area contributed by atoms with Crippen LogP contribution in [0.25, 0.3) is 6.08 Å². The van der Waals surface area contributed by atoms with Crippen LogP contribution < -0.4 is 9.47 Å². The van der Waals surface area contributed by atoms with Gasteiger partial charge in [-0.15, -0.1) is 0 Å². The molecular formula is C27H20BrN3O5S. The molecule has 1 heterocycles. The predicted molar refractivity (Wildman–Crippen MR) is 145 cm³/mol. The van der Waals surface area contributed by atoms with E-state index in [4.69, 9.17) is 9.47 Å². The summed E-state index contributed by atoms with van der Waals surface area (Å²) in [5.74, 6) is -0.343. The van der Waals surface area contributed by atoms with Crippen molar-refractivity contribution in [2.24, 2.45) is 4.99 Å². The maximum absolute atomic E-state index is 12.9. The van der Waals surface area contributed by atoms with E-state index in [-0.39, 0.29) is 18.1 Å². The molecule has 0 unspecified atom stereocenters. The molecule has 1 saturated heterocycles. The molecule has 0 spiro atoms. The Morgan fingerprint density at radius 1 is 1.19 bits per heavy atom. The highest BCUT2D eigenvalue weighted by Gasteiger charge is 2.30. The van der Waals surface area contributed by atoms with Gasteiger partial charge in [0, 0.05) is 17.1 Å². The first-order valence-corrected chi connectivity index (χ1v) is 12.5. The topological polar surface area (TPSA) is 112 Å². The number of nitrogens with zero attached hydrogens (tertiary/aromatic N) is 3. The number of ether oxygens (including phenoxy) is 2. The highest BCUT2D eigenvalue weighted by molar-refractivity contribution is 9.10. The number of likely N-dealkylation sites (N-methyl/N-ethyl adjacent to an activating group) is 1. The van der Waals surface area contributed by atoms with E-state index in [2.05, 4.69) is 27.0 Å². The number of carboxylic acid groups (broad SMARTS) is 1. The Kier molecular flexibility index (Phi) is 7.96. The van der Waals surface area contributed by atoms with E-state index < -0.39 is 5.97 Å². The minimum Gasteiger partial charge on any atom is -0.493 e. The van der Waals surface area contributed by atoms with Gasteiger partial charge in [-0.2, -0.15) is 5.26 Å². The van der Waals surface area contributed by atoms with Gasteiger partial charge in [-0.25, -0.2) is 9.79 Å². The number of carbonyl (C=O) groups excluding carboxylic acids is 1. The van der Waals surface area contributed by atoms with Crippen molar-refractivity contribution in [2.45, 2.75) is 6.61 Å². The summed E-state index contributed by atoms with van der Waals surface area (Å²) in [6.45, 7) is 0.189. The van der Waals surface area contributed by atoms with Gasteiger partial charge in [-0.05, 0) is 59.8 Å². The van der Waals surface area contributed by atoms with Crippen LogP contribution in [0.3, 0.4) is 0 Å². The lowest BCUT2D eigenvalue weighted by atomic mass is 10.1. The van der Waals surface area contributed by atoms with E-state index in [0.717, 1.165) is 5.56 Å². The third kappa shape index (κ3) is 5.85. The van der Waals surface area contributed by atoms with Gasteiger partial charge in [0.15, 0.2) is 16.7 Å². The highest BCUT2D eigenvalue weighted by Crippen LogP contribution is 2.38. The fourth-order valence-corrected chi connectivity index (χ4v) is 4.87. The average Bonchev–Trinajstić information content (AvgIpc) is 3.16. The Balaban J connectivity index is 1.59. The maximum atomic E-state index is 12.9. The molecule has 186 valence electrons. The second-order valence-electron chi connectivity index (χ2n) is 7.81. The van der Waals surface area contributed by atoms with Gasteiger partial charge in [-0.1, -0.05) is 40.2 Å². The first-order chi connectivity index (χ1) is 17.8. The number of aromatic carboxylic acids is 1. The SMILES string of the molecule is COc1cc(C=C2SC(=Nc3cccc(C(=O)O)c3)N(C)C2=O)c(Br)cc1OCc1ccccc1C#N. The number of halogens is 1. The number of amides is 1. The quantitative estimate of drug-likeness (QED) is 0.351. The van der Waals surface area contributed by atoms with Crippen LogP contribution in [0.1, 0.15) is 27.0 Å². The average molecular weight is 578 g/mol. The number of rotatable bonds is 7. The number of carbonyl (C=O) groups is 2. The molecule has 0 saturated carbocycles. The fourth-order valence-electron chi connectivity index (χ4n) is 3.46. The van der Waals surface area contributed by atoms with Crippen molar-refractivity contribution < 1.29 is 24.2 Å². The minimum atomic E-state index is -1.05. The Hall–Kier alpha value is -4.07. The third-order valence-electron chi connectivity index (χ3n) is 5.41. The van der Waals surface area contributed by atoms with Crippen LogP contribution in [0, 0.1) is 11.3 Å². The lowest BCUT2D eigenvalue weighted by molar-refractivity contribution is -0.121. The molecular weight excluding hydrogens is 558 g/mol. The lowest BCUT2D eigenvalue weighted by Gasteiger charge is -2.13. The molecule has 1 N–H and O–H groups in total. The Labute approximate surface area is 226 Å². The number of benzene rings is 3. The van der Waals surface area contributed by atoms with Crippen LogP contribution in [0.15, 0.2) is 75.0 Å². The molecule has 8 nitrogen and oxygen atoms in total.